The van der Waals surface area contributed by atoms with Gasteiger partial charge in [0.15, 0.2) is 0 Å². The molecule has 2 nitrogen and oxygen atoms in total. The Balaban J connectivity index is 2.74. The maximum atomic E-state index is 3.62. The van der Waals surface area contributed by atoms with Crippen LogP contribution in [0.4, 0.5) is 0 Å². The van der Waals surface area contributed by atoms with Crippen molar-refractivity contribution in [2.24, 2.45) is 7.05 Å². The lowest BCUT2D eigenvalue weighted by atomic mass is 10.2. The number of hydrogen-bond donors (Lipinski definition) is 1. The number of fused-ring (bicyclic) bond motifs is 1. The van der Waals surface area contributed by atoms with Gasteiger partial charge in [0.2, 0.25) is 0 Å². The largest absolute Gasteiger partial charge is 0.338 e. The molecule has 0 spiro atoms. The molecule has 74 valence electrons. The fourth-order valence-corrected chi connectivity index (χ4v) is 2.33. The van der Waals surface area contributed by atoms with Crippen molar-refractivity contribution in [1.82, 2.24) is 9.88 Å². The van der Waals surface area contributed by atoms with E-state index in [1.165, 1.54) is 16.5 Å². The summed E-state index contributed by atoms with van der Waals surface area (Å²) in [6.07, 6.45) is 0. The number of aryl methyl sites for hydroxylation is 1. The Morgan fingerprint density at radius 3 is 2.79 bits per heavy atom. The van der Waals surface area contributed by atoms with Gasteiger partial charge in [-0.1, -0.05) is 18.2 Å². The SMILES string of the molecule is CNCc1c(Br)n(C)c2ccccc12. The first kappa shape index (κ1) is 9.74. The molecule has 0 aliphatic rings. The average Bonchev–Trinajstić information content (AvgIpc) is 2.45. The molecule has 1 aromatic heterocycles. The van der Waals surface area contributed by atoms with E-state index >= 15 is 0 Å². The quantitative estimate of drug-likeness (QED) is 0.870. The topological polar surface area (TPSA) is 17.0 Å². The van der Waals surface area contributed by atoms with Crippen molar-refractivity contribution in [3.05, 3.63) is 34.4 Å². The molecule has 0 radical (unpaired) electrons. The lowest BCUT2D eigenvalue weighted by molar-refractivity contribution is 0.807. The van der Waals surface area contributed by atoms with E-state index in [1.807, 2.05) is 7.05 Å². The molecule has 0 atom stereocenters. The molecular formula is C11H13BrN2. The molecule has 0 saturated heterocycles. The Morgan fingerprint density at radius 2 is 2.07 bits per heavy atom. The van der Waals surface area contributed by atoms with Gasteiger partial charge in [-0.05, 0) is 29.0 Å². The fourth-order valence-electron chi connectivity index (χ4n) is 1.79. The first-order valence-electron chi connectivity index (χ1n) is 4.62. The third-order valence-corrected chi connectivity index (χ3v) is 3.50. The highest BCUT2D eigenvalue weighted by molar-refractivity contribution is 9.10. The van der Waals surface area contributed by atoms with E-state index in [9.17, 15) is 0 Å². The minimum atomic E-state index is 0.891. The van der Waals surface area contributed by atoms with Crippen LogP contribution in [0, 0.1) is 0 Å². The zero-order valence-electron chi connectivity index (χ0n) is 8.34. The van der Waals surface area contributed by atoms with Crippen molar-refractivity contribution in [3.63, 3.8) is 0 Å². The van der Waals surface area contributed by atoms with Crippen molar-refractivity contribution >= 4 is 26.8 Å². The first-order chi connectivity index (χ1) is 6.75. The van der Waals surface area contributed by atoms with Gasteiger partial charge in [-0.25, -0.2) is 0 Å². The second-order valence-corrected chi connectivity index (χ2v) is 4.13. The average molecular weight is 253 g/mol. The Bertz CT molecular complexity index is 460. The normalized spacial score (nSPS) is 11.1. The van der Waals surface area contributed by atoms with E-state index in [0.717, 1.165) is 11.1 Å². The number of hydrogen-bond acceptors (Lipinski definition) is 1. The van der Waals surface area contributed by atoms with Gasteiger partial charge < -0.3 is 9.88 Å². The van der Waals surface area contributed by atoms with Crippen LogP contribution in [-0.2, 0) is 13.6 Å². The molecule has 2 aromatic rings. The highest BCUT2D eigenvalue weighted by atomic mass is 79.9. The molecule has 14 heavy (non-hydrogen) atoms. The van der Waals surface area contributed by atoms with E-state index in [4.69, 9.17) is 0 Å². The van der Waals surface area contributed by atoms with Crippen molar-refractivity contribution in [2.75, 3.05) is 7.05 Å². The summed E-state index contributed by atoms with van der Waals surface area (Å²) in [7, 11) is 4.04. The monoisotopic (exact) mass is 252 g/mol. The number of benzene rings is 1. The summed E-state index contributed by atoms with van der Waals surface area (Å²) in [5.74, 6) is 0. The summed E-state index contributed by atoms with van der Waals surface area (Å²) >= 11 is 3.62. The summed E-state index contributed by atoms with van der Waals surface area (Å²) < 4.78 is 3.33. The predicted molar refractivity (Wildman–Crippen MR) is 63.4 cm³/mol. The van der Waals surface area contributed by atoms with Gasteiger partial charge in [0.25, 0.3) is 0 Å². The minimum absolute atomic E-state index is 0.891. The molecule has 0 amide bonds. The van der Waals surface area contributed by atoms with Crippen LogP contribution < -0.4 is 5.32 Å². The summed E-state index contributed by atoms with van der Waals surface area (Å²) in [6, 6.07) is 8.44. The van der Waals surface area contributed by atoms with Crippen LogP contribution in [0.2, 0.25) is 0 Å². The highest BCUT2D eigenvalue weighted by Crippen LogP contribution is 2.28. The van der Waals surface area contributed by atoms with Gasteiger partial charge in [0, 0.05) is 30.1 Å². The molecule has 0 aliphatic heterocycles. The van der Waals surface area contributed by atoms with Crippen LogP contribution in [0.25, 0.3) is 10.9 Å². The lowest BCUT2D eigenvalue weighted by Gasteiger charge is -1.98. The molecule has 0 bridgehead atoms. The van der Waals surface area contributed by atoms with Gasteiger partial charge >= 0.3 is 0 Å². The van der Waals surface area contributed by atoms with E-state index < -0.39 is 0 Å². The summed E-state index contributed by atoms with van der Waals surface area (Å²) in [4.78, 5) is 0. The molecule has 0 fully saturated rings. The van der Waals surface area contributed by atoms with Crippen molar-refractivity contribution in [3.8, 4) is 0 Å². The maximum Gasteiger partial charge on any atom is 0.0900 e. The summed E-state index contributed by atoms with van der Waals surface area (Å²) in [5, 5.41) is 4.50. The zero-order valence-corrected chi connectivity index (χ0v) is 9.93. The van der Waals surface area contributed by atoms with Crippen LogP contribution in [0.3, 0.4) is 0 Å². The van der Waals surface area contributed by atoms with Crippen molar-refractivity contribution < 1.29 is 0 Å². The third-order valence-electron chi connectivity index (χ3n) is 2.49. The Labute approximate surface area is 92.0 Å². The van der Waals surface area contributed by atoms with Crippen LogP contribution >= 0.6 is 15.9 Å². The van der Waals surface area contributed by atoms with Crippen molar-refractivity contribution in [2.45, 2.75) is 6.54 Å². The van der Waals surface area contributed by atoms with Gasteiger partial charge in [0.1, 0.15) is 0 Å². The van der Waals surface area contributed by atoms with Gasteiger partial charge in [-0.2, -0.15) is 0 Å². The summed E-state index contributed by atoms with van der Waals surface area (Å²) in [5.41, 5.74) is 2.59. The number of para-hydroxylation sites is 1. The zero-order chi connectivity index (χ0) is 10.1. The fraction of sp³-hybridized carbons (Fsp3) is 0.273. The minimum Gasteiger partial charge on any atom is -0.338 e. The van der Waals surface area contributed by atoms with Crippen molar-refractivity contribution in [1.29, 1.82) is 0 Å². The molecular weight excluding hydrogens is 240 g/mol. The molecule has 1 heterocycles. The maximum absolute atomic E-state index is 3.62. The smallest absolute Gasteiger partial charge is 0.0900 e. The second kappa shape index (κ2) is 3.75. The number of rotatable bonds is 2. The Morgan fingerprint density at radius 1 is 1.36 bits per heavy atom. The molecule has 0 unspecified atom stereocenters. The Hall–Kier alpha value is -0.800. The highest BCUT2D eigenvalue weighted by Gasteiger charge is 2.10. The van der Waals surface area contributed by atoms with Crippen LogP contribution in [0.15, 0.2) is 28.9 Å². The number of nitrogens with one attached hydrogen (secondary N) is 1. The van der Waals surface area contributed by atoms with Crippen LogP contribution in [-0.4, -0.2) is 11.6 Å². The first-order valence-corrected chi connectivity index (χ1v) is 5.41. The summed E-state index contributed by atoms with van der Waals surface area (Å²) in [6.45, 7) is 0.891. The molecule has 0 saturated carbocycles. The number of aromatic nitrogens is 1. The Kier molecular flexibility index (Phi) is 2.61. The molecule has 0 aliphatic carbocycles. The van der Waals surface area contributed by atoms with Gasteiger partial charge in [-0.15, -0.1) is 0 Å². The van der Waals surface area contributed by atoms with Crippen LogP contribution in [0.1, 0.15) is 5.56 Å². The molecule has 1 N–H and O–H groups in total. The number of halogens is 1. The van der Waals surface area contributed by atoms with Gasteiger partial charge in [0.05, 0.1) is 4.60 Å². The standard InChI is InChI=1S/C11H13BrN2/c1-13-7-9-8-5-3-4-6-10(8)14(2)11(9)12/h3-6,13H,7H2,1-2H3. The second-order valence-electron chi connectivity index (χ2n) is 3.38. The predicted octanol–water partition coefficient (Wildman–Crippen LogP) is 2.66. The van der Waals surface area contributed by atoms with E-state index in [2.05, 4.69) is 57.1 Å². The van der Waals surface area contributed by atoms with Gasteiger partial charge in [-0.3, -0.25) is 0 Å². The van der Waals surface area contributed by atoms with E-state index in [0.29, 0.717) is 0 Å². The van der Waals surface area contributed by atoms with E-state index in [-0.39, 0.29) is 0 Å². The van der Waals surface area contributed by atoms with Crippen LogP contribution in [0.5, 0.6) is 0 Å². The number of nitrogens with zero attached hydrogens (tertiary/aromatic N) is 1. The van der Waals surface area contributed by atoms with E-state index in [1.54, 1.807) is 0 Å². The third kappa shape index (κ3) is 1.37. The molecule has 2 rings (SSSR count). The molecule has 3 heteroatoms. The lowest BCUT2D eigenvalue weighted by Crippen LogP contribution is -2.05. The molecule has 1 aromatic carbocycles.